The number of nitrogens with one attached hydrogen (secondary N) is 1. The van der Waals surface area contributed by atoms with Gasteiger partial charge in [-0.3, -0.25) is 4.98 Å². The van der Waals surface area contributed by atoms with E-state index >= 15 is 0 Å². The minimum atomic E-state index is 0.273. The smallest absolute Gasteiger partial charge is 0.0900 e. The summed E-state index contributed by atoms with van der Waals surface area (Å²) in [6.45, 7) is 9.29. The van der Waals surface area contributed by atoms with Gasteiger partial charge in [-0.2, -0.15) is 0 Å². The van der Waals surface area contributed by atoms with Crippen LogP contribution in [0.25, 0.3) is 0 Å². The molecule has 0 aliphatic rings. The van der Waals surface area contributed by atoms with Crippen molar-refractivity contribution in [1.82, 2.24) is 15.3 Å². The van der Waals surface area contributed by atoms with Gasteiger partial charge in [0.15, 0.2) is 0 Å². The summed E-state index contributed by atoms with van der Waals surface area (Å²) in [6.07, 6.45) is 3.75. The van der Waals surface area contributed by atoms with Crippen LogP contribution in [0.4, 0.5) is 0 Å². The summed E-state index contributed by atoms with van der Waals surface area (Å²) in [5.74, 6) is 0. The van der Waals surface area contributed by atoms with Gasteiger partial charge in [0.2, 0.25) is 0 Å². The minimum absolute atomic E-state index is 0.273. The number of hydrogen-bond acceptors (Lipinski definition) is 4. The predicted octanol–water partition coefficient (Wildman–Crippen LogP) is 3.31. The Morgan fingerprint density at radius 2 is 2.11 bits per heavy atom. The van der Waals surface area contributed by atoms with Crippen molar-refractivity contribution in [2.24, 2.45) is 0 Å². The third kappa shape index (κ3) is 2.94. The van der Waals surface area contributed by atoms with Crippen LogP contribution < -0.4 is 5.32 Å². The highest BCUT2D eigenvalue weighted by Gasteiger charge is 2.12. The molecule has 0 fully saturated rings. The molecule has 2 rings (SSSR count). The Morgan fingerprint density at radius 3 is 2.72 bits per heavy atom. The summed E-state index contributed by atoms with van der Waals surface area (Å²) < 4.78 is 0. The Morgan fingerprint density at radius 1 is 1.33 bits per heavy atom. The van der Waals surface area contributed by atoms with Crippen LogP contribution in [0.5, 0.6) is 0 Å². The van der Waals surface area contributed by atoms with Gasteiger partial charge in [0.05, 0.1) is 10.7 Å². The molecule has 1 N–H and O–H groups in total. The SMILES string of the molecule is Cc1nc(C(C)NCc2cnccc2C)c(C)s1. The molecule has 3 nitrogen and oxygen atoms in total. The topological polar surface area (TPSA) is 37.8 Å². The molecule has 0 spiro atoms. The fourth-order valence-electron chi connectivity index (χ4n) is 1.99. The van der Waals surface area contributed by atoms with Gasteiger partial charge in [-0.25, -0.2) is 4.98 Å². The van der Waals surface area contributed by atoms with Crippen LogP contribution in [-0.2, 0) is 6.54 Å². The molecule has 0 amide bonds. The average Bonchev–Trinajstić information content (AvgIpc) is 2.67. The van der Waals surface area contributed by atoms with Crippen molar-refractivity contribution in [1.29, 1.82) is 0 Å². The highest BCUT2D eigenvalue weighted by Crippen LogP contribution is 2.22. The van der Waals surface area contributed by atoms with Crippen LogP contribution in [0.1, 0.15) is 39.7 Å². The number of rotatable bonds is 4. The molecule has 0 aliphatic carbocycles. The van der Waals surface area contributed by atoms with E-state index in [1.54, 1.807) is 11.3 Å². The first-order valence-electron chi connectivity index (χ1n) is 6.14. The van der Waals surface area contributed by atoms with Crippen molar-refractivity contribution in [3.63, 3.8) is 0 Å². The zero-order chi connectivity index (χ0) is 13.1. The van der Waals surface area contributed by atoms with Crippen LogP contribution in [0, 0.1) is 20.8 Å². The van der Waals surface area contributed by atoms with E-state index in [1.165, 1.54) is 21.7 Å². The van der Waals surface area contributed by atoms with E-state index in [1.807, 2.05) is 18.5 Å². The summed E-state index contributed by atoms with van der Waals surface area (Å²) >= 11 is 1.76. The maximum Gasteiger partial charge on any atom is 0.0900 e. The number of hydrogen-bond donors (Lipinski definition) is 1. The highest BCUT2D eigenvalue weighted by molar-refractivity contribution is 7.11. The third-order valence-electron chi connectivity index (χ3n) is 3.10. The van der Waals surface area contributed by atoms with Crippen molar-refractivity contribution in [2.75, 3.05) is 0 Å². The number of aromatic nitrogens is 2. The van der Waals surface area contributed by atoms with Gasteiger partial charge in [-0.1, -0.05) is 0 Å². The molecule has 1 unspecified atom stereocenters. The van der Waals surface area contributed by atoms with Gasteiger partial charge in [-0.05, 0) is 44.9 Å². The van der Waals surface area contributed by atoms with Gasteiger partial charge >= 0.3 is 0 Å². The average molecular weight is 261 g/mol. The molecule has 2 aromatic rings. The summed E-state index contributed by atoms with van der Waals surface area (Å²) in [5, 5.41) is 4.65. The normalized spacial score (nSPS) is 12.7. The lowest BCUT2D eigenvalue weighted by atomic mass is 10.1. The Hall–Kier alpha value is -1.26. The van der Waals surface area contributed by atoms with E-state index in [2.05, 4.69) is 43.0 Å². The molecule has 0 saturated carbocycles. The molecule has 18 heavy (non-hydrogen) atoms. The molecule has 2 aromatic heterocycles. The molecule has 4 heteroatoms. The minimum Gasteiger partial charge on any atom is -0.305 e. The molecule has 0 aliphatic heterocycles. The van der Waals surface area contributed by atoms with Crippen molar-refractivity contribution in [2.45, 2.75) is 40.3 Å². The fraction of sp³-hybridized carbons (Fsp3) is 0.429. The van der Waals surface area contributed by atoms with Crippen LogP contribution in [0.2, 0.25) is 0 Å². The van der Waals surface area contributed by atoms with Gasteiger partial charge < -0.3 is 5.32 Å². The highest BCUT2D eigenvalue weighted by atomic mass is 32.1. The van der Waals surface area contributed by atoms with Crippen LogP contribution >= 0.6 is 11.3 Å². The molecule has 96 valence electrons. The van der Waals surface area contributed by atoms with Crippen molar-refractivity contribution in [3.8, 4) is 0 Å². The first-order chi connectivity index (χ1) is 8.58. The van der Waals surface area contributed by atoms with Gasteiger partial charge in [0.25, 0.3) is 0 Å². The first-order valence-corrected chi connectivity index (χ1v) is 6.96. The summed E-state index contributed by atoms with van der Waals surface area (Å²) in [4.78, 5) is 10.1. The van der Waals surface area contributed by atoms with Gasteiger partial charge in [0, 0.05) is 29.9 Å². The largest absolute Gasteiger partial charge is 0.305 e. The van der Waals surface area contributed by atoms with Crippen LogP contribution in [0.3, 0.4) is 0 Å². The molecular formula is C14H19N3S. The monoisotopic (exact) mass is 261 g/mol. The lowest BCUT2D eigenvalue weighted by Gasteiger charge is -2.13. The summed E-state index contributed by atoms with van der Waals surface area (Å²) in [6, 6.07) is 2.31. The quantitative estimate of drug-likeness (QED) is 0.917. The lowest BCUT2D eigenvalue weighted by Crippen LogP contribution is -2.19. The Bertz CT molecular complexity index is 534. The third-order valence-corrected chi connectivity index (χ3v) is 4.00. The van der Waals surface area contributed by atoms with Crippen LogP contribution in [-0.4, -0.2) is 9.97 Å². The second-order valence-electron chi connectivity index (χ2n) is 4.58. The Labute approximate surface area is 112 Å². The standard InChI is InChI=1S/C14H19N3S/c1-9-5-6-15-7-13(9)8-16-10(2)14-11(3)18-12(4)17-14/h5-7,10,16H,8H2,1-4H3. The Balaban J connectivity index is 2.03. The molecule has 0 bridgehead atoms. The number of aryl methyl sites for hydroxylation is 3. The maximum atomic E-state index is 4.59. The summed E-state index contributed by atoms with van der Waals surface area (Å²) in [5.41, 5.74) is 3.68. The van der Waals surface area contributed by atoms with E-state index in [0.717, 1.165) is 11.6 Å². The van der Waals surface area contributed by atoms with E-state index in [-0.39, 0.29) is 6.04 Å². The number of pyridine rings is 1. The number of thiazole rings is 1. The van der Waals surface area contributed by atoms with Crippen LogP contribution in [0.15, 0.2) is 18.5 Å². The molecule has 0 aromatic carbocycles. The van der Waals surface area contributed by atoms with E-state index < -0.39 is 0 Å². The molecule has 0 radical (unpaired) electrons. The molecule has 2 heterocycles. The zero-order valence-corrected chi connectivity index (χ0v) is 12.1. The van der Waals surface area contributed by atoms with E-state index in [9.17, 15) is 0 Å². The predicted molar refractivity (Wildman–Crippen MR) is 75.8 cm³/mol. The summed E-state index contributed by atoms with van der Waals surface area (Å²) in [7, 11) is 0. The maximum absolute atomic E-state index is 4.59. The van der Waals surface area contributed by atoms with Crippen molar-refractivity contribution < 1.29 is 0 Å². The van der Waals surface area contributed by atoms with Gasteiger partial charge in [-0.15, -0.1) is 11.3 Å². The number of nitrogens with zero attached hydrogens (tertiary/aromatic N) is 2. The first kappa shape index (κ1) is 13.2. The molecular weight excluding hydrogens is 242 g/mol. The second-order valence-corrected chi connectivity index (χ2v) is 5.99. The lowest BCUT2D eigenvalue weighted by molar-refractivity contribution is 0.559. The zero-order valence-electron chi connectivity index (χ0n) is 11.3. The van der Waals surface area contributed by atoms with E-state index in [4.69, 9.17) is 0 Å². The molecule has 1 atom stereocenters. The fourth-order valence-corrected chi connectivity index (χ4v) is 2.90. The van der Waals surface area contributed by atoms with Crippen molar-refractivity contribution >= 4 is 11.3 Å². The van der Waals surface area contributed by atoms with Crippen molar-refractivity contribution in [3.05, 3.63) is 45.2 Å². The Kier molecular flexibility index (Phi) is 4.09. The molecule has 0 saturated heterocycles. The van der Waals surface area contributed by atoms with E-state index in [0.29, 0.717) is 0 Å². The van der Waals surface area contributed by atoms with Gasteiger partial charge in [0.1, 0.15) is 0 Å². The second kappa shape index (κ2) is 5.59.